The maximum atomic E-state index is 14.3. The van der Waals surface area contributed by atoms with Crippen molar-refractivity contribution in [1.29, 1.82) is 0 Å². The summed E-state index contributed by atoms with van der Waals surface area (Å²) in [5.74, 6) is 0.274. The number of aryl methyl sites for hydroxylation is 2. The van der Waals surface area contributed by atoms with Gasteiger partial charge in [0, 0.05) is 5.69 Å². The number of halogens is 2. The van der Waals surface area contributed by atoms with Crippen LogP contribution in [0.3, 0.4) is 0 Å². The molecule has 0 radical (unpaired) electrons. The Labute approximate surface area is 127 Å². The molecule has 5 heteroatoms. The van der Waals surface area contributed by atoms with Crippen LogP contribution in [0.1, 0.15) is 29.4 Å². The molecular formula is C16H15ClFN3. The molecule has 1 unspecified atom stereocenters. The quantitative estimate of drug-likeness (QED) is 0.654. The van der Waals surface area contributed by atoms with E-state index in [2.05, 4.69) is 9.97 Å². The van der Waals surface area contributed by atoms with Gasteiger partial charge in [0.2, 0.25) is 0 Å². The van der Waals surface area contributed by atoms with Gasteiger partial charge in [-0.2, -0.15) is 0 Å². The molecule has 2 heterocycles. The Kier molecular flexibility index (Phi) is 3.41. The first kappa shape index (κ1) is 14.0. The first-order valence-electron chi connectivity index (χ1n) is 6.74. The molecule has 0 spiro atoms. The van der Waals surface area contributed by atoms with Gasteiger partial charge in [0.05, 0.1) is 11.1 Å². The van der Waals surface area contributed by atoms with E-state index in [0.29, 0.717) is 22.7 Å². The minimum atomic E-state index is -0.348. The summed E-state index contributed by atoms with van der Waals surface area (Å²) in [6, 6.07) is 8.73. The molecule has 2 aromatic heterocycles. The number of hydrogen-bond acceptors (Lipinski definition) is 2. The first-order chi connectivity index (χ1) is 9.97. The fourth-order valence-electron chi connectivity index (χ4n) is 2.37. The molecular weight excluding hydrogens is 289 g/mol. The number of fused-ring (bicyclic) bond motifs is 1. The van der Waals surface area contributed by atoms with Crippen LogP contribution in [0.4, 0.5) is 4.39 Å². The highest BCUT2D eigenvalue weighted by atomic mass is 35.5. The van der Waals surface area contributed by atoms with Crippen molar-refractivity contribution < 1.29 is 4.39 Å². The zero-order valence-corrected chi connectivity index (χ0v) is 12.8. The predicted octanol–water partition coefficient (Wildman–Crippen LogP) is 4.48. The summed E-state index contributed by atoms with van der Waals surface area (Å²) in [5.41, 5.74) is 3.59. The monoisotopic (exact) mass is 303 g/mol. The number of benzene rings is 1. The number of hydrogen-bond donors (Lipinski definition) is 0. The molecule has 108 valence electrons. The molecule has 3 nitrogen and oxygen atoms in total. The number of imidazole rings is 1. The lowest BCUT2D eigenvalue weighted by molar-refractivity contribution is 0.615. The molecule has 0 aliphatic heterocycles. The highest BCUT2D eigenvalue weighted by molar-refractivity contribution is 6.20. The number of alkyl halides is 1. The molecule has 21 heavy (non-hydrogen) atoms. The van der Waals surface area contributed by atoms with Crippen LogP contribution in [0.2, 0.25) is 0 Å². The SMILES string of the molecule is Cc1ccc(F)c(-n2c(C(C)Cl)nc3ccc(C)nc32)c1. The Morgan fingerprint density at radius 1 is 1.14 bits per heavy atom. The standard InChI is InChI=1S/C16H15ClFN3/c1-9-4-6-12(18)14(8-9)21-15(11(3)17)20-13-7-5-10(2)19-16(13)21/h4-8,11H,1-3H3. The third-order valence-corrected chi connectivity index (χ3v) is 3.56. The van der Waals surface area contributed by atoms with E-state index in [1.165, 1.54) is 6.07 Å². The molecule has 1 atom stereocenters. The largest absolute Gasteiger partial charge is 0.276 e. The van der Waals surface area contributed by atoms with E-state index in [0.717, 1.165) is 11.3 Å². The molecule has 0 N–H and O–H groups in total. The molecule has 0 saturated carbocycles. The molecule has 0 aliphatic rings. The summed E-state index contributed by atoms with van der Waals surface area (Å²) in [6.45, 7) is 5.64. The average molecular weight is 304 g/mol. The second-order valence-corrected chi connectivity index (χ2v) is 5.83. The smallest absolute Gasteiger partial charge is 0.165 e. The summed E-state index contributed by atoms with van der Waals surface area (Å²) in [7, 11) is 0. The van der Waals surface area contributed by atoms with Crippen LogP contribution in [0.15, 0.2) is 30.3 Å². The maximum absolute atomic E-state index is 14.3. The molecule has 0 fully saturated rings. The summed E-state index contributed by atoms with van der Waals surface area (Å²) >= 11 is 6.23. The van der Waals surface area contributed by atoms with Crippen molar-refractivity contribution in [3.8, 4) is 5.69 Å². The van der Waals surface area contributed by atoms with Gasteiger partial charge in [0.1, 0.15) is 17.2 Å². The van der Waals surface area contributed by atoms with E-state index in [-0.39, 0.29) is 11.2 Å². The Hall–Kier alpha value is -1.94. The van der Waals surface area contributed by atoms with Gasteiger partial charge in [-0.1, -0.05) is 6.07 Å². The second-order valence-electron chi connectivity index (χ2n) is 5.17. The van der Waals surface area contributed by atoms with Crippen LogP contribution in [-0.4, -0.2) is 14.5 Å². The number of rotatable bonds is 2. The van der Waals surface area contributed by atoms with Crippen LogP contribution in [0.25, 0.3) is 16.9 Å². The van der Waals surface area contributed by atoms with Crippen LogP contribution in [-0.2, 0) is 0 Å². The zero-order valence-electron chi connectivity index (χ0n) is 12.1. The molecule has 0 aliphatic carbocycles. The third kappa shape index (κ3) is 2.40. The molecule has 3 aromatic rings. The van der Waals surface area contributed by atoms with Crippen molar-refractivity contribution in [2.45, 2.75) is 26.1 Å². The van der Waals surface area contributed by atoms with E-state index < -0.39 is 0 Å². The normalized spacial score (nSPS) is 12.8. The molecule has 1 aromatic carbocycles. The fraction of sp³-hybridized carbons (Fsp3) is 0.250. The summed E-state index contributed by atoms with van der Waals surface area (Å²) in [4.78, 5) is 9.00. The lowest BCUT2D eigenvalue weighted by Gasteiger charge is -2.12. The summed E-state index contributed by atoms with van der Waals surface area (Å²) in [6.07, 6.45) is 0. The van der Waals surface area contributed by atoms with Crippen molar-refractivity contribution >= 4 is 22.8 Å². The minimum absolute atomic E-state index is 0.318. The van der Waals surface area contributed by atoms with Gasteiger partial charge in [-0.15, -0.1) is 11.6 Å². The molecule has 3 rings (SSSR count). The van der Waals surface area contributed by atoms with Gasteiger partial charge in [-0.3, -0.25) is 4.57 Å². The van der Waals surface area contributed by atoms with Crippen molar-refractivity contribution in [3.05, 3.63) is 53.2 Å². The van der Waals surface area contributed by atoms with E-state index in [4.69, 9.17) is 11.6 Å². The van der Waals surface area contributed by atoms with Gasteiger partial charge in [-0.05, 0) is 50.6 Å². The number of nitrogens with zero attached hydrogens (tertiary/aromatic N) is 3. The van der Waals surface area contributed by atoms with Gasteiger partial charge >= 0.3 is 0 Å². The lowest BCUT2D eigenvalue weighted by Crippen LogP contribution is -2.05. The number of aromatic nitrogens is 3. The van der Waals surface area contributed by atoms with E-state index in [1.807, 2.05) is 32.9 Å². The third-order valence-electron chi connectivity index (χ3n) is 3.37. The van der Waals surface area contributed by atoms with Gasteiger partial charge in [0.25, 0.3) is 0 Å². The molecule has 0 saturated heterocycles. The second kappa shape index (κ2) is 5.11. The van der Waals surface area contributed by atoms with Crippen LogP contribution in [0, 0.1) is 19.7 Å². The lowest BCUT2D eigenvalue weighted by atomic mass is 10.2. The highest BCUT2D eigenvalue weighted by Crippen LogP contribution is 2.29. The van der Waals surface area contributed by atoms with Gasteiger partial charge in [0.15, 0.2) is 5.65 Å². The van der Waals surface area contributed by atoms with Crippen LogP contribution < -0.4 is 0 Å². The van der Waals surface area contributed by atoms with Crippen molar-refractivity contribution in [2.75, 3.05) is 0 Å². The Bertz CT molecular complexity index is 824. The topological polar surface area (TPSA) is 30.7 Å². The first-order valence-corrected chi connectivity index (χ1v) is 7.17. The zero-order chi connectivity index (χ0) is 15.1. The van der Waals surface area contributed by atoms with E-state index >= 15 is 0 Å². The predicted molar refractivity (Wildman–Crippen MR) is 82.6 cm³/mol. The fourth-order valence-corrected chi connectivity index (χ4v) is 2.51. The minimum Gasteiger partial charge on any atom is -0.276 e. The average Bonchev–Trinajstić information content (AvgIpc) is 2.80. The van der Waals surface area contributed by atoms with Crippen molar-refractivity contribution in [3.63, 3.8) is 0 Å². The van der Waals surface area contributed by atoms with Crippen molar-refractivity contribution in [1.82, 2.24) is 14.5 Å². The van der Waals surface area contributed by atoms with Crippen LogP contribution in [0.5, 0.6) is 0 Å². The van der Waals surface area contributed by atoms with E-state index in [9.17, 15) is 4.39 Å². The summed E-state index contributed by atoms with van der Waals surface area (Å²) in [5, 5.41) is -0.348. The van der Waals surface area contributed by atoms with E-state index in [1.54, 1.807) is 16.7 Å². The van der Waals surface area contributed by atoms with Crippen molar-refractivity contribution in [2.24, 2.45) is 0 Å². The maximum Gasteiger partial charge on any atom is 0.165 e. The Morgan fingerprint density at radius 2 is 1.90 bits per heavy atom. The Balaban J connectivity index is 2.41. The summed E-state index contributed by atoms with van der Waals surface area (Å²) < 4.78 is 16.0. The van der Waals surface area contributed by atoms with Gasteiger partial charge in [-0.25, -0.2) is 14.4 Å². The Morgan fingerprint density at radius 3 is 2.62 bits per heavy atom. The number of pyridine rings is 1. The molecule has 0 amide bonds. The van der Waals surface area contributed by atoms with Crippen LogP contribution >= 0.6 is 11.6 Å². The van der Waals surface area contributed by atoms with Gasteiger partial charge < -0.3 is 0 Å². The molecule has 0 bridgehead atoms. The highest BCUT2D eigenvalue weighted by Gasteiger charge is 2.19.